The van der Waals surface area contributed by atoms with Gasteiger partial charge in [0.15, 0.2) is 0 Å². The summed E-state index contributed by atoms with van der Waals surface area (Å²) >= 11 is 0. The molecule has 0 heterocycles. The lowest BCUT2D eigenvalue weighted by molar-refractivity contribution is 0.0233. The van der Waals surface area contributed by atoms with Crippen molar-refractivity contribution in [3.8, 4) is 0 Å². The van der Waals surface area contributed by atoms with Crippen LogP contribution in [0.4, 0.5) is 0 Å². The quantitative estimate of drug-likeness (QED) is 0.567. The zero-order chi connectivity index (χ0) is 19.6. The molecule has 7 heteroatoms. The minimum Gasteiger partial charge on any atom is -0.462 e. The van der Waals surface area contributed by atoms with E-state index in [2.05, 4.69) is 5.48 Å². The van der Waals surface area contributed by atoms with E-state index in [1.807, 2.05) is 30.3 Å². The topological polar surface area (TPSA) is 90.9 Å². The van der Waals surface area contributed by atoms with Gasteiger partial charge in [0.2, 0.25) is 0 Å². The maximum absolute atomic E-state index is 12.4. The molecule has 0 atom stereocenters. The van der Waals surface area contributed by atoms with Gasteiger partial charge in [-0.15, -0.1) is 0 Å². The van der Waals surface area contributed by atoms with Crippen molar-refractivity contribution in [3.05, 3.63) is 70.8 Å². The van der Waals surface area contributed by atoms with Crippen molar-refractivity contribution in [1.29, 1.82) is 0 Å². The Morgan fingerprint density at radius 2 is 1.33 bits per heavy atom. The molecule has 1 amide bonds. The fourth-order valence-electron chi connectivity index (χ4n) is 2.24. The molecule has 0 unspecified atom stereocenters. The van der Waals surface area contributed by atoms with E-state index >= 15 is 0 Å². The highest BCUT2D eigenvalue weighted by Crippen LogP contribution is 2.14. The molecule has 27 heavy (non-hydrogen) atoms. The maximum atomic E-state index is 12.4. The summed E-state index contributed by atoms with van der Waals surface area (Å²) in [6, 6.07) is 13.3. The van der Waals surface area contributed by atoms with E-state index in [0.29, 0.717) is 0 Å². The zero-order valence-electron chi connectivity index (χ0n) is 15.2. The van der Waals surface area contributed by atoms with Crippen molar-refractivity contribution in [1.82, 2.24) is 5.48 Å². The average molecular weight is 371 g/mol. The van der Waals surface area contributed by atoms with Crippen molar-refractivity contribution in [3.63, 3.8) is 0 Å². The number of ether oxygens (including phenoxy) is 2. The number of carbonyl (C=O) groups excluding carboxylic acids is 3. The van der Waals surface area contributed by atoms with Gasteiger partial charge < -0.3 is 9.47 Å². The van der Waals surface area contributed by atoms with E-state index in [1.165, 1.54) is 18.2 Å². The fourth-order valence-corrected chi connectivity index (χ4v) is 2.24. The lowest BCUT2D eigenvalue weighted by atomic mass is 10.1. The van der Waals surface area contributed by atoms with Crippen molar-refractivity contribution < 1.29 is 28.7 Å². The average Bonchev–Trinajstić information content (AvgIpc) is 2.68. The summed E-state index contributed by atoms with van der Waals surface area (Å²) in [5, 5.41) is 0. The Kier molecular flexibility index (Phi) is 7.51. The van der Waals surface area contributed by atoms with E-state index in [0.717, 1.165) is 5.56 Å². The summed E-state index contributed by atoms with van der Waals surface area (Å²) in [5.74, 6) is -1.87. The highest BCUT2D eigenvalue weighted by Gasteiger charge is 2.18. The van der Waals surface area contributed by atoms with Crippen molar-refractivity contribution in [2.24, 2.45) is 0 Å². The lowest BCUT2D eigenvalue weighted by Gasteiger charge is -2.10. The summed E-state index contributed by atoms with van der Waals surface area (Å²) in [5.41, 5.74) is 3.42. The predicted molar refractivity (Wildman–Crippen MR) is 97.1 cm³/mol. The third kappa shape index (κ3) is 5.93. The Balaban J connectivity index is 2.15. The van der Waals surface area contributed by atoms with Gasteiger partial charge in [0.05, 0.1) is 30.9 Å². The van der Waals surface area contributed by atoms with Crippen LogP contribution in [0, 0.1) is 0 Å². The third-order valence-electron chi connectivity index (χ3n) is 3.46. The molecule has 0 fully saturated rings. The van der Waals surface area contributed by atoms with E-state index in [1.54, 1.807) is 13.8 Å². The normalized spacial score (nSPS) is 10.1. The lowest BCUT2D eigenvalue weighted by Crippen LogP contribution is -2.24. The monoisotopic (exact) mass is 371 g/mol. The summed E-state index contributed by atoms with van der Waals surface area (Å²) in [6.45, 7) is 3.85. The molecule has 2 aromatic carbocycles. The number of nitrogens with one attached hydrogen (secondary N) is 1. The number of amides is 1. The van der Waals surface area contributed by atoms with E-state index < -0.39 is 17.8 Å². The summed E-state index contributed by atoms with van der Waals surface area (Å²) in [4.78, 5) is 41.6. The number of benzene rings is 2. The third-order valence-corrected chi connectivity index (χ3v) is 3.46. The highest BCUT2D eigenvalue weighted by molar-refractivity contribution is 6.01. The molecule has 0 bridgehead atoms. The molecule has 0 saturated carbocycles. The molecule has 0 saturated heterocycles. The number of rotatable bonds is 8. The Hall–Kier alpha value is -3.19. The van der Waals surface area contributed by atoms with E-state index in [4.69, 9.17) is 14.3 Å². The van der Waals surface area contributed by atoms with Crippen molar-refractivity contribution in [2.45, 2.75) is 20.5 Å². The van der Waals surface area contributed by atoms with Gasteiger partial charge in [0, 0.05) is 5.56 Å². The molecule has 0 aliphatic rings. The smallest absolute Gasteiger partial charge is 0.338 e. The Morgan fingerprint density at radius 1 is 0.815 bits per heavy atom. The number of hydrogen-bond donors (Lipinski definition) is 1. The van der Waals surface area contributed by atoms with Gasteiger partial charge in [-0.1, -0.05) is 30.3 Å². The zero-order valence-corrected chi connectivity index (χ0v) is 15.2. The molecule has 0 spiro atoms. The molecular formula is C20H21NO6. The molecule has 0 aliphatic heterocycles. The molecule has 142 valence electrons. The number of hydroxylamine groups is 1. The van der Waals surface area contributed by atoms with Crippen LogP contribution in [-0.4, -0.2) is 31.1 Å². The maximum Gasteiger partial charge on any atom is 0.338 e. The van der Waals surface area contributed by atoms with Gasteiger partial charge in [-0.05, 0) is 37.6 Å². The molecule has 0 aromatic heterocycles. The highest BCUT2D eigenvalue weighted by atomic mass is 16.6. The first-order chi connectivity index (χ1) is 13.0. The number of hydrogen-bond acceptors (Lipinski definition) is 6. The molecule has 2 aromatic rings. The van der Waals surface area contributed by atoms with Crippen molar-refractivity contribution >= 4 is 17.8 Å². The Bertz CT molecular complexity index is 767. The van der Waals surface area contributed by atoms with E-state index in [9.17, 15) is 14.4 Å². The van der Waals surface area contributed by atoms with Gasteiger partial charge in [-0.3, -0.25) is 9.63 Å². The number of carbonyl (C=O) groups is 3. The first-order valence-corrected chi connectivity index (χ1v) is 8.50. The molecule has 1 N–H and O–H groups in total. The first kappa shape index (κ1) is 20.1. The van der Waals surface area contributed by atoms with Crippen LogP contribution in [0.1, 0.15) is 50.5 Å². The second kappa shape index (κ2) is 10.1. The molecular weight excluding hydrogens is 350 g/mol. The van der Waals surface area contributed by atoms with Gasteiger partial charge in [0.25, 0.3) is 5.91 Å². The van der Waals surface area contributed by atoms with Crippen molar-refractivity contribution in [2.75, 3.05) is 13.2 Å². The van der Waals surface area contributed by atoms with Crippen LogP contribution < -0.4 is 5.48 Å². The summed E-state index contributed by atoms with van der Waals surface area (Å²) in [6.07, 6.45) is 0. The second-order valence-electron chi connectivity index (χ2n) is 5.45. The number of esters is 2. The van der Waals surface area contributed by atoms with Crippen LogP contribution in [0.3, 0.4) is 0 Å². The van der Waals surface area contributed by atoms with Crippen LogP contribution >= 0.6 is 0 Å². The van der Waals surface area contributed by atoms with Gasteiger partial charge in [-0.2, -0.15) is 0 Å². The van der Waals surface area contributed by atoms with Gasteiger partial charge in [-0.25, -0.2) is 15.1 Å². The van der Waals surface area contributed by atoms with Gasteiger partial charge in [0.1, 0.15) is 0 Å². The van der Waals surface area contributed by atoms with Crippen LogP contribution in [0.25, 0.3) is 0 Å². The predicted octanol–water partition coefficient (Wildman–Crippen LogP) is 2.90. The first-order valence-electron chi connectivity index (χ1n) is 8.50. The largest absolute Gasteiger partial charge is 0.462 e. The van der Waals surface area contributed by atoms with Crippen LogP contribution in [0.5, 0.6) is 0 Å². The minimum atomic E-state index is -0.636. The molecule has 0 radical (unpaired) electrons. The standard InChI is InChI=1S/C20H21NO6/c1-3-25-19(23)16-10-15(11-17(12-16)20(24)26-4-2)18(22)21-27-13-14-8-6-5-7-9-14/h5-12H,3-4,13H2,1-2H3,(H,21,22). The summed E-state index contributed by atoms with van der Waals surface area (Å²) < 4.78 is 9.88. The van der Waals surface area contributed by atoms with Crippen LogP contribution in [-0.2, 0) is 20.9 Å². The molecule has 7 nitrogen and oxygen atoms in total. The summed E-state index contributed by atoms with van der Waals surface area (Å²) in [7, 11) is 0. The Labute approximate surface area is 157 Å². The molecule has 0 aliphatic carbocycles. The fraction of sp³-hybridized carbons (Fsp3) is 0.250. The Morgan fingerprint density at radius 3 is 1.85 bits per heavy atom. The molecule has 2 rings (SSSR count). The minimum absolute atomic E-state index is 0.0793. The van der Waals surface area contributed by atoms with Crippen LogP contribution in [0.2, 0.25) is 0 Å². The van der Waals surface area contributed by atoms with Gasteiger partial charge >= 0.3 is 11.9 Å². The second-order valence-corrected chi connectivity index (χ2v) is 5.45. The van der Waals surface area contributed by atoms with Crippen LogP contribution in [0.15, 0.2) is 48.5 Å². The van der Waals surface area contributed by atoms with E-state index in [-0.39, 0.29) is 36.5 Å². The SMILES string of the molecule is CCOC(=O)c1cc(C(=O)NOCc2ccccc2)cc(C(=O)OCC)c1.